The second-order valence-corrected chi connectivity index (χ2v) is 12.6. The van der Waals surface area contributed by atoms with Crippen molar-refractivity contribution < 1.29 is 22.0 Å². The average molecular weight is 656 g/mol. The summed E-state index contributed by atoms with van der Waals surface area (Å²) >= 11 is 0. The van der Waals surface area contributed by atoms with Crippen molar-refractivity contribution in [3.63, 3.8) is 0 Å². The summed E-state index contributed by atoms with van der Waals surface area (Å²) in [6.45, 7) is 16.5. The molecule has 0 amide bonds. The molecule has 0 bridgehead atoms. The van der Waals surface area contributed by atoms with Crippen LogP contribution >= 0.6 is 0 Å². The van der Waals surface area contributed by atoms with Crippen LogP contribution in [0.5, 0.6) is 0 Å². The van der Waals surface area contributed by atoms with Gasteiger partial charge in [-0.15, -0.1) is 0 Å². The first-order chi connectivity index (χ1) is 23.5. The van der Waals surface area contributed by atoms with E-state index in [2.05, 4.69) is 17.0 Å². The van der Waals surface area contributed by atoms with Crippen molar-refractivity contribution in [2.45, 2.75) is 27.7 Å². The number of halogens is 5. The number of rotatable bonds is 3. The highest BCUT2D eigenvalue weighted by molar-refractivity contribution is 6.13. The number of benzene rings is 6. The third-order valence-corrected chi connectivity index (χ3v) is 9.34. The van der Waals surface area contributed by atoms with Gasteiger partial charge in [-0.1, -0.05) is 52.6 Å². The van der Waals surface area contributed by atoms with E-state index in [1.54, 1.807) is 4.57 Å². The lowest BCUT2D eigenvalue weighted by atomic mass is 9.98. The minimum Gasteiger partial charge on any atom is -0.319 e. The van der Waals surface area contributed by atoms with Gasteiger partial charge in [-0.3, -0.25) is 0 Å². The highest BCUT2D eigenvalue weighted by Crippen LogP contribution is 2.47. The molecule has 0 saturated carbocycles. The van der Waals surface area contributed by atoms with Gasteiger partial charge < -0.3 is 9.13 Å². The SMILES string of the molecule is [C-]#[N+]c1c(-n2c3ccc(C)cc3c3cc(C)ccc32)ccc(-c2c(F)c(F)c(F)c(F)c2F)c1-n1c2ccc(C)cc2c2cc(C)ccc21. The average Bonchev–Trinajstić information content (AvgIpc) is 3.57. The molecular formula is C41H26F5N3. The van der Waals surface area contributed by atoms with E-state index in [0.717, 1.165) is 54.8 Å². The van der Waals surface area contributed by atoms with Gasteiger partial charge in [-0.05, 0) is 82.3 Å². The summed E-state index contributed by atoms with van der Waals surface area (Å²) in [5.74, 6) is -10.3. The Morgan fingerprint density at radius 1 is 0.469 bits per heavy atom. The molecule has 0 spiro atoms. The van der Waals surface area contributed by atoms with E-state index in [4.69, 9.17) is 6.57 Å². The van der Waals surface area contributed by atoms with Crippen molar-refractivity contribution in [2.24, 2.45) is 0 Å². The van der Waals surface area contributed by atoms with Crippen molar-refractivity contribution >= 4 is 49.3 Å². The van der Waals surface area contributed by atoms with E-state index in [-0.39, 0.29) is 16.9 Å². The second-order valence-electron chi connectivity index (χ2n) is 12.6. The second kappa shape index (κ2) is 10.8. The minimum absolute atomic E-state index is 0.00219. The Labute approximate surface area is 277 Å². The van der Waals surface area contributed by atoms with E-state index in [1.807, 2.05) is 92.9 Å². The van der Waals surface area contributed by atoms with Gasteiger partial charge in [0.15, 0.2) is 23.3 Å². The molecule has 0 aliphatic heterocycles. The molecule has 0 atom stereocenters. The first kappa shape index (κ1) is 30.4. The normalized spacial score (nSPS) is 11.8. The molecule has 6 aromatic carbocycles. The van der Waals surface area contributed by atoms with Gasteiger partial charge >= 0.3 is 0 Å². The molecule has 8 aromatic rings. The maximum absolute atomic E-state index is 15.7. The van der Waals surface area contributed by atoms with Gasteiger partial charge in [0, 0.05) is 27.1 Å². The zero-order chi connectivity index (χ0) is 34.5. The van der Waals surface area contributed by atoms with Crippen LogP contribution in [-0.4, -0.2) is 9.13 Å². The Kier molecular flexibility index (Phi) is 6.69. The largest absolute Gasteiger partial charge is 0.319 e. The monoisotopic (exact) mass is 655 g/mol. The summed E-state index contributed by atoms with van der Waals surface area (Å²) in [5, 5.41) is 3.52. The van der Waals surface area contributed by atoms with Crippen LogP contribution in [0.25, 0.3) is 71.0 Å². The topological polar surface area (TPSA) is 14.2 Å². The van der Waals surface area contributed by atoms with Crippen LogP contribution in [0.2, 0.25) is 0 Å². The number of aromatic nitrogens is 2. The summed E-state index contributed by atoms with van der Waals surface area (Å²) in [6, 6.07) is 26.2. The summed E-state index contributed by atoms with van der Waals surface area (Å²) in [4.78, 5) is 3.99. The summed E-state index contributed by atoms with van der Waals surface area (Å²) in [6.07, 6.45) is 0. The van der Waals surface area contributed by atoms with Gasteiger partial charge in [-0.2, -0.15) is 0 Å². The molecule has 2 aromatic heterocycles. The highest BCUT2D eigenvalue weighted by atomic mass is 19.2. The van der Waals surface area contributed by atoms with Crippen LogP contribution < -0.4 is 0 Å². The summed E-state index contributed by atoms with van der Waals surface area (Å²) in [7, 11) is 0. The fraction of sp³-hybridized carbons (Fsp3) is 0.0976. The van der Waals surface area contributed by atoms with Gasteiger partial charge in [-0.25, -0.2) is 26.8 Å². The first-order valence-corrected chi connectivity index (χ1v) is 15.6. The standard InChI is InChI=1S/C41H26F5N3/c1-20-6-11-29-25(16-20)26-17-21(2)7-12-30(26)48(29)33-15-10-24(34-35(42)37(44)39(46)38(45)36(34)43)41(40(33)47-5)49-31-13-8-22(3)18-27(31)28-19-23(4)9-14-32(28)49/h6-19H,1-4H3. The zero-order valence-electron chi connectivity index (χ0n) is 26.8. The molecule has 8 heteroatoms. The van der Waals surface area contributed by atoms with E-state index in [0.29, 0.717) is 16.7 Å². The van der Waals surface area contributed by atoms with Crippen LogP contribution in [-0.2, 0) is 0 Å². The third-order valence-electron chi connectivity index (χ3n) is 9.34. The van der Waals surface area contributed by atoms with Crippen molar-refractivity contribution in [2.75, 3.05) is 0 Å². The number of aryl methyl sites for hydroxylation is 4. The third kappa shape index (κ3) is 4.32. The van der Waals surface area contributed by atoms with E-state index in [1.165, 1.54) is 12.1 Å². The zero-order valence-corrected chi connectivity index (χ0v) is 26.8. The lowest BCUT2D eigenvalue weighted by molar-refractivity contribution is 0.381. The molecule has 0 fully saturated rings. The molecule has 0 aliphatic carbocycles. The molecule has 0 unspecified atom stereocenters. The summed E-state index contributed by atoms with van der Waals surface area (Å²) in [5.41, 5.74) is 5.73. The van der Waals surface area contributed by atoms with Crippen LogP contribution in [0.1, 0.15) is 22.3 Å². The Hall–Kier alpha value is -5.94. The number of fused-ring (bicyclic) bond motifs is 6. The molecule has 0 N–H and O–H groups in total. The summed E-state index contributed by atoms with van der Waals surface area (Å²) < 4.78 is 79.1. The molecule has 0 saturated heterocycles. The molecule has 49 heavy (non-hydrogen) atoms. The molecule has 8 rings (SSSR count). The lowest BCUT2D eigenvalue weighted by Crippen LogP contribution is -2.08. The van der Waals surface area contributed by atoms with Crippen molar-refractivity contribution in [3.05, 3.63) is 148 Å². The van der Waals surface area contributed by atoms with Crippen LogP contribution in [0.3, 0.4) is 0 Å². The van der Waals surface area contributed by atoms with Gasteiger partial charge in [0.05, 0.1) is 45.6 Å². The van der Waals surface area contributed by atoms with Crippen molar-refractivity contribution in [1.82, 2.24) is 9.13 Å². The van der Waals surface area contributed by atoms with E-state index < -0.39 is 34.6 Å². The van der Waals surface area contributed by atoms with Crippen molar-refractivity contribution in [1.29, 1.82) is 0 Å². The Bertz CT molecular complexity index is 2630. The first-order valence-electron chi connectivity index (χ1n) is 15.6. The Balaban J connectivity index is 1.61. The smallest absolute Gasteiger partial charge is 0.234 e. The molecule has 240 valence electrons. The molecular weight excluding hydrogens is 629 g/mol. The fourth-order valence-electron chi connectivity index (χ4n) is 7.13. The van der Waals surface area contributed by atoms with Crippen LogP contribution in [0.4, 0.5) is 27.6 Å². The number of nitrogens with zero attached hydrogens (tertiary/aromatic N) is 3. The lowest BCUT2D eigenvalue weighted by Gasteiger charge is -2.21. The van der Waals surface area contributed by atoms with E-state index in [9.17, 15) is 13.2 Å². The fourth-order valence-corrected chi connectivity index (χ4v) is 7.13. The Morgan fingerprint density at radius 3 is 1.22 bits per heavy atom. The maximum Gasteiger partial charge on any atom is 0.234 e. The van der Waals surface area contributed by atoms with Crippen molar-refractivity contribution in [3.8, 4) is 22.5 Å². The van der Waals surface area contributed by atoms with Gasteiger partial charge in [0.25, 0.3) is 0 Å². The Morgan fingerprint density at radius 2 is 0.837 bits per heavy atom. The van der Waals surface area contributed by atoms with Crippen LogP contribution in [0, 0.1) is 63.4 Å². The number of hydrogen-bond acceptors (Lipinski definition) is 0. The quantitative estimate of drug-likeness (QED) is 0.0778. The molecule has 3 nitrogen and oxygen atoms in total. The highest BCUT2D eigenvalue weighted by Gasteiger charge is 2.31. The van der Waals surface area contributed by atoms with E-state index >= 15 is 8.78 Å². The van der Waals surface area contributed by atoms with Gasteiger partial charge in [0.2, 0.25) is 11.5 Å². The number of hydrogen-bond donors (Lipinski definition) is 0. The predicted octanol–water partition coefficient (Wildman–Crippen LogP) is 12.0. The minimum atomic E-state index is -2.25. The molecule has 0 aliphatic rings. The molecule has 2 heterocycles. The molecule has 0 radical (unpaired) electrons. The predicted molar refractivity (Wildman–Crippen MR) is 186 cm³/mol. The van der Waals surface area contributed by atoms with Gasteiger partial charge in [0.1, 0.15) is 0 Å². The van der Waals surface area contributed by atoms with Crippen LogP contribution in [0.15, 0.2) is 84.9 Å². The maximum atomic E-state index is 15.7.